The lowest BCUT2D eigenvalue weighted by atomic mass is 9.99. The van der Waals surface area contributed by atoms with Crippen molar-refractivity contribution in [2.45, 2.75) is 44.7 Å². The number of nitrogens with one attached hydrogen (secondary N) is 1. The van der Waals surface area contributed by atoms with E-state index in [1.54, 1.807) is 0 Å². The van der Waals surface area contributed by atoms with Gasteiger partial charge >= 0.3 is 0 Å². The van der Waals surface area contributed by atoms with Crippen LogP contribution in [0.1, 0.15) is 44.5 Å². The van der Waals surface area contributed by atoms with E-state index in [4.69, 9.17) is 0 Å². The van der Waals surface area contributed by atoms with Crippen LogP contribution >= 0.6 is 11.8 Å². The van der Waals surface area contributed by atoms with Gasteiger partial charge in [-0.15, -0.1) is 10.2 Å². The molecule has 0 saturated carbocycles. The second-order valence-electron chi connectivity index (χ2n) is 6.40. The molecule has 2 heterocycles. The van der Waals surface area contributed by atoms with Gasteiger partial charge < -0.3 is 5.32 Å². The third-order valence-electron chi connectivity index (χ3n) is 4.52. The van der Waals surface area contributed by atoms with E-state index in [0.29, 0.717) is 11.1 Å². The van der Waals surface area contributed by atoms with Gasteiger partial charge in [-0.25, -0.2) is 4.68 Å². The lowest BCUT2D eigenvalue weighted by Crippen LogP contribution is -2.16. The number of hydrogen-bond acceptors (Lipinski definition) is 4. The van der Waals surface area contributed by atoms with Crippen molar-refractivity contribution in [1.82, 2.24) is 19.5 Å². The number of amides is 1. The highest BCUT2D eigenvalue weighted by Gasteiger charge is 2.14. The van der Waals surface area contributed by atoms with Crippen LogP contribution in [0.4, 0.5) is 5.69 Å². The maximum absolute atomic E-state index is 12.3. The smallest absolute Gasteiger partial charge is 0.234 e. The van der Waals surface area contributed by atoms with Crippen molar-refractivity contribution in [3.8, 4) is 0 Å². The summed E-state index contributed by atoms with van der Waals surface area (Å²) in [6.07, 6.45) is 5.74. The summed E-state index contributed by atoms with van der Waals surface area (Å²) >= 11 is 1.38. The SMILES string of the molecule is CCc1nnc(SCC(=O)Nc2ccc([C@@H](C)CC)cc2)n1-n1cccc1. The molecule has 0 radical (unpaired) electrons. The topological polar surface area (TPSA) is 64.7 Å². The van der Waals surface area contributed by atoms with Crippen molar-refractivity contribution in [3.63, 3.8) is 0 Å². The number of anilines is 1. The fourth-order valence-corrected chi connectivity index (χ4v) is 3.51. The van der Waals surface area contributed by atoms with Gasteiger partial charge in [0.25, 0.3) is 0 Å². The predicted molar refractivity (Wildman–Crippen MR) is 109 cm³/mol. The molecule has 7 heteroatoms. The number of rotatable bonds is 8. The maximum atomic E-state index is 12.3. The lowest BCUT2D eigenvalue weighted by molar-refractivity contribution is -0.113. The fraction of sp³-hybridized carbons (Fsp3) is 0.350. The molecule has 0 unspecified atom stereocenters. The summed E-state index contributed by atoms with van der Waals surface area (Å²) in [7, 11) is 0. The van der Waals surface area contributed by atoms with E-state index in [9.17, 15) is 4.79 Å². The molecule has 0 aliphatic heterocycles. The molecule has 0 fully saturated rings. The van der Waals surface area contributed by atoms with Gasteiger partial charge in [0.05, 0.1) is 5.75 Å². The molecule has 0 saturated heterocycles. The molecule has 1 aromatic carbocycles. The van der Waals surface area contributed by atoms with Crippen LogP contribution < -0.4 is 5.32 Å². The molecule has 2 aromatic heterocycles. The minimum atomic E-state index is -0.0589. The number of aromatic nitrogens is 4. The molecule has 1 atom stereocenters. The van der Waals surface area contributed by atoms with Gasteiger partial charge in [0.1, 0.15) is 0 Å². The Bertz CT molecular complexity index is 870. The van der Waals surface area contributed by atoms with Crippen molar-refractivity contribution in [2.24, 2.45) is 0 Å². The monoisotopic (exact) mass is 383 g/mol. The average Bonchev–Trinajstić information content (AvgIpc) is 3.35. The summed E-state index contributed by atoms with van der Waals surface area (Å²) in [5.74, 6) is 1.60. The highest BCUT2D eigenvalue weighted by Crippen LogP contribution is 2.21. The van der Waals surface area contributed by atoms with Crippen LogP contribution in [-0.2, 0) is 11.2 Å². The Labute approximate surface area is 164 Å². The first kappa shape index (κ1) is 19.2. The lowest BCUT2D eigenvalue weighted by Gasteiger charge is -2.11. The Kier molecular flexibility index (Phi) is 6.34. The molecule has 1 amide bonds. The minimum absolute atomic E-state index is 0.0589. The van der Waals surface area contributed by atoms with Crippen LogP contribution in [0, 0.1) is 0 Å². The summed E-state index contributed by atoms with van der Waals surface area (Å²) in [4.78, 5) is 12.3. The van der Waals surface area contributed by atoms with Gasteiger partial charge in [0.15, 0.2) is 5.82 Å². The summed E-state index contributed by atoms with van der Waals surface area (Å²) in [6, 6.07) is 12.0. The quantitative estimate of drug-likeness (QED) is 0.592. The Balaban J connectivity index is 1.62. The Morgan fingerprint density at radius 1 is 1.15 bits per heavy atom. The largest absolute Gasteiger partial charge is 0.325 e. The van der Waals surface area contributed by atoms with E-state index in [1.807, 2.05) is 52.9 Å². The van der Waals surface area contributed by atoms with E-state index in [-0.39, 0.29) is 11.7 Å². The van der Waals surface area contributed by atoms with Crippen LogP contribution in [0.25, 0.3) is 0 Å². The van der Waals surface area contributed by atoms with E-state index in [0.717, 1.165) is 24.4 Å². The summed E-state index contributed by atoms with van der Waals surface area (Å²) < 4.78 is 3.85. The van der Waals surface area contributed by atoms with E-state index in [1.165, 1.54) is 17.3 Å². The molecule has 27 heavy (non-hydrogen) atoms. The second-order valence-corrected chi connectivity index (χ2v) is 7.34. The Hall–Kier alpha value is -2.54. The second kappa shape index (κ2) is 8.90. The Morgan fingerprint density at radius 2 is 1.85 bits per heavy atom. The molecule has 1 N–H and O–H groups in total. The van der Waals surface area contributed by atoms with Gasteiger partial charge in [-0.2, -0.15) is 0 Å². The number of nitrogens with zero attached hydrogens (tertiary/aromatic N) is 4. The van der Waals surface area contributed by atoms with Crippen molar-refractivity contribution in [1.29, 1.82) is 0 Å². The number of carbonyl (C=O) groups excluding carboxylic acids is 1. The highest BCUT2D eigenvalue weighted by atomic mass is 32.2. The van der Waals surface area contributed by atoms with Crippen LogP contribution in [0.15, 0.2) is 53.9 Å². The molecular weight excluding hydrogens is 358 g/mol. The van der Waals surface area contributed by atoms with Gasteiger partial charge in [0.2, 0.25) is 11.1 Å². The third-order valence-corrected chi connectivity index (χ3v) is 5.44. The zero-order chi connectivity index (χ0) is 19.2. The molecule has 3 aromatic rings. The zero-order valence-corrected chi connectivity index (χ0v) is 16.7. The first-order valence-electron chi connectivity index (χ1n) is 9.22. The van der Waals surface area contributed by atoms with Crippen LogP contribution in [0.3, 0.4) is 0 Å². The predicted octanol–water partition coefficient (Wildman–Crippen LogP) is 4.20. The fourth-order valence-electron chi connectivity index (χ4n) is 2.75. The maximum Gasteiger partial charge on any atom is 0.234 e. The molecule has 0 aliphatic rings. The van der Waals surface area contributed by atoms with Crippen LogP contribution in [-0.4, -0.2) is 31.2 Å². The van der Waals surface area contributed by atoms with Crippen molar-refractivity contribution >= 4 is 23.4 Å². The minimum Gasteiger partial charge on any atom is -0.325 e. The number of hydrogen-bond donors (Lipinski definition) is 1. The summed E-state index contributed by atoms with van der Waals surface area (Å²) in [5.41, 5.74) is 2.10. The summed E-state index contributed by atoms with van der Waals surface area (Å²) in [6.45, 7) is 6.41. The average molecular weight is 384 g/mol. The number of thioether (sulfide) groups is 1. The third kappa shape index (κ3) is 4.60. The first-order valence-corrected chi connectivity index (χ1v) is 10.2. The van der Waals surface area contributed by atoms with Gasteiger partial charge in [-0.1, -0.05) is 44.7 Å². The normalized spacial score (nSPS) is 12.1. The number of benzene rings is 1. The molecule has 0 bridgehead atoms. The van der Waals surface area contributed by atoms with Crippen LogP contribution in [0.5, 0.6) is 0 Å². The van der Waals surface area contributed by atoms with E-state index < -0.39 is 0 Å². The molecule has 3 rings (SSSR count). The van der Waals surface area contributed by atoms with Gasteiger partial charge in [-0.3, -0.25) is 9.47 Å². The Morgan fingerprint density at radius 3 is 2.48 bits per heavy atom. The number of carbonyl (C=O) groups is 1. The van der Waals surface area contributed by atoms with E-state index >= 15 is 0 Å². The molecular formula is C20H25N5OS. The van der Waals surface area contributed by atoms with Crippen molar-refractivity contribution in [3.05, 3.63) is 60.2 Å². The molecule has 0 spiro atoms. The summed E-state index contributed by atoms with van der Waals surface area (Å²) in [5, 5.41) is 12.1. The van der Waals surface area contributed by atoms with Crippen LogP contribution in [0.2, 0.25) is 0 Å². The molecule has 142 valence electrons. The molecule has 0 aliphatic carbocycles. The van der Waals surface area contributed by atoms with Crippen molar-refractivity contribution < 1.29 is 4.79 Å². The van der Waals surface area contributed by atoms with Crippen molar-refractivity contribution in [2.75, 3.05) is 11.1 Å². The van der Waals surface area contributed by atoms with Gasteiger partial charge in [-0.05, 0) is 42.2 Å². The standard InChI is InChI=1S/C20H25N5OS/c1-4-15(3)16-8-10-17(11-9-16)21-19(26)14-27-20-23-22-18(5-2)25(20)24-12-6-7-13-24/h6-13,15H,4-5,14H2,1-3H3,(H,21,26)/t15-/m0/s1. The highest BCUT2D eigenvalue weighted by molar-refractivity contribution is 7.99. The van der Waals surface area contributed by atoms with E-state index in [2.05, 4.69) is 41.5 Å². The van der Waals surface area contributed by atoms with Gasteiger partial charge in [0, 0.05) is 24.5 Å². The number of aryl methyl sites for hydroxylation is 1. The molecule has 6 nitrogen and oxygen atoms in total. The first-order chi connectivity index (χ1) is 13.1. The zero-order valence-electron chi connectivity index (χ0n) is 15.9.